The van der Waals surface area contributed by atoms with Gasteiger partial charge >= 0.3 is 0 Å². The number of methoxy groups -OCH3 is 2. The average Bonchev–Trinajstić information content (AvgIpc) is 2.39. The highest BCUT2D eigenvalue weighted by molar-refractivity contribution is 6.32. The molecular weight excluding hydrogens is 268 g/mol. The van der Waals surface area contributed by atoms with E-state index in [-0.39, 0.29) is 12.5 Å². The molecular formula is C13H19ClN2O3. The minimum Gasteiger partial charge on any atom is -0.495 e. The van der Waals surface area contributed by atoms with Gasteiger partial charge in [-0.1, -0.05) is 18.5 Å². The Morgan fingerprint density at radius 3 is 2.53 bits per heavy atom. The van der Waals surface area contributed by atoms with Crippen LogP contribution in [0.1, 0.15) is 13.3 Å². The van der Waals surface area contributed by atoms with Gasteiger partial charge in [0.2, 0.25) is 5.91 Å². The Morgan fingerprint density at radius 1 is 1.26 bits per heavy atom. The van der Waals surface area contributed by atoms with Gasteiger partial charge in [0.1, 0.15) is 11.5 Å². The normalized spacial score (nSPS) is 10.1. The Kier molecular flexibility index (Phi) is 6.45. The number of carbonyl (C=O) groups is 1. The van der Waals surface area contributed by atoms with E-state index in [4.69, 9.17) is 21.1 Å². The zero-order valence-electron chi connectivity index (χ0n) is 11.4. The molecule has 0 aliphatic carbocycles. The van der Waals surface area contributed by atoms with E-state index in [0.717, 1.165) is 13.0 Å². The SMILES string of the molecule is CCCNCC(=O)Nc1cc(Cl)c(OC)cc1OC. The van der Waals surface area contributed by atoms with Gasteiger partial charge in [0.15, 0.2) is 0 Å². The lowest BCUT2D eigenvalue weighted by atomic mass is 10.2. The van der Waals surface area contributed by atoms with Crippen LogP contribution in [0, 0.1) is 0 Å². The van der Waals surface area contributed by atoms with Crippen molar-refractivity contribution in [2.45, 2.75) is 13.3 Å². The summed E-state index contributed by atoms with van der Waals surface area (Å²) in [6.07, 6.45) is 0.977. The van der Waals surface area contributed by atoms with Gasteiger partial charge in [-0.05, 0) is 19.0 Å². The van der Waals surface area contributed by atoms with Crippen molar-refractivity contribution in [3.63, 3.8) is 0 Å². The van der Waals surface area contributed by atoms with Crippen LogP contribution < -0.4 is 20.1 Å². The summed E-state index contributed by atoms with van der Waals surface area (Å²) in [6.45, 7) is 3.09. The fraction of sp³-hybridized carbons (Fsp3) is 0.462. The third kappa shape index (κ3) is 4.61. The number of hydrogen-bond acceptors (Lipinski definition) is 4. The number of hydrogen-bond donors (Lipinski definition) is 2. The molecule has 5 nitrogen and oxygen atoms in total. The van der Waals surface area contributed by atoms with E-state index in [9.17, 15) is 4.79 Å². The van der Waals surface area contributed by atoms with Crippen LogP contribution in [0.2, 0.25) is 5.02 Å². The van der Waals surface area contributed by atoms with Gasteiger partial charge < -0.3 is 20.1 Å². The molecule has 0 fully saturated rings. The molecule has 0 heterocycles. The molecule has 0 aliphatic heterocycles. The minimum atomic E-state index is -0.145. The summed E-state index contributed by atoms with van der Waals surface area (Å²) in [5, 5.41) is 6.18. The molecule has 1 aromatic carbocycles. The van der Waals surface area contributed by atoms with Crippen LogP contribution >= 0.6 is 11.6 Å². The maximum Gasteiger partial charge on any atom is 0.238 e. The number of carbonyl (C=O) groups excluding carboxylic acids is 1. The first kappa shape index (κ1) is 15.6. The Morgan fingerprint density at radius 2 is 1.95 bits per heavy atom. The molecule has 1 amide bonds. The highest BCUT2D eigenvalue weighted by Gasteiger charge is 2.12. The second-order valence-electron chi connectivity index (χ2n) is 3.91. The number of benzene rings is 1. The molecule has 0 bridgehead atoms. The number of anilines is 1. The minimum absolute atomic E-state index is 0.145. The number of rotatable bonds is 7. The highest BCUT2D eigenvalue weighted by atomic mass is 35.5. The highest BCUT2D eigenvalue weighted by Crippen LogP contribution is 2.35. The topological polar surface area (TPSA) is 59.6 Å². The van der Waals surface area contributed by atoms with Crippen LogP contribution in [-0.2, 0) is 4.79 Å². The predicted molar refractivity (Wildman–Crippen MR) is 76.3 cm³/mol. The third-order valence-electron chi connectivity index (χ3n) is 2.46. The van der Waals surface area contributed by atoms with E-state index in [2.05, 4.69) is 10.6 Å². The van der Waals surface area contributed by atoms with Gasteiger partial charge in [-0.25, -0.2) is 0 Å². The van der Waals surface area contributed by atoms with Crippen molar-refractivity contribution in [1.82, 2.24) is 5.32 Å². The van der Waals surface area contributed by atoms with Crippen LogP contribution in [0.25, 0.3) is 0 Å². The maximum atomic E-state index is 11.7. The number of ether oxygens (including phenoxy) is 2. The third-order valence-corrected chi connectivity index (χ3v) is 2.76. The molecule has 0 saturated heterocycles. The summed E-state index contributed by atoms with van der Waals surface area (Å²) in [7, 11) is 3.04. The molecule has 1 aromatic rings. The van der Waals surface area contributed by atoms with Gasteiger partial charge in [0.25, 0.3) is 0 Å². The summed E-state index contributed by atoms with van der Waals surface area (Å²) in [4.78, 5) is 11.7. The summed E-state index contributed by atoms with van der Waals surface area (Å²) in [5.41, 5.74) is 0.525. The monoisotopic (exact) mass is 286 g/mol. The van der Waals surface area contributed by atoms with Crippen molar-refractivity contribution in [2.24, 2.45) is 0 Å². The molecule has 1 rings (SSSR count). The molecule has 19 heavy (non-hydrogen) atoms. The standard InChI is InChI=1S/C13H19ClN2O3/c1-4-5-15-8-13(17)16-10-6-9(14)11(18-2)7-12(10)19-3/h6-7,15H,4-5,8H2,1-3H3,(H,16,17). The molecule has 106 valence electrons. The molecule has 0 radical (unpaired) electrons. The Hall–Kier alpha value is -1.46. The van der Waals surface area contributed by atoms with Gasteiger partial charge in [-0.15, -0.1) is 0 Å². The first-order valence-corrected chi connectivity index (χ1v) is 6.42. The van der Waals surface area contributed by atoms with Crippen LogP contribution in [0.15, 0.2) is 12.1 Å². The van der Waals surface area contributed by atoms with Crippen molar-refractivity contribution in [3.05, 3.63) is 17.2 Å². The van der Waals surface area contributed by atoms with Crippen LogP contribution in [0.3, 0.4) is 0 Å². The number of amides is 1. The van der Waals surface area contributed by atoms with Crippen molar-refractivity contribution in [1.29, 1.82) is 0 Å². The first-order chi connectivity index (χ1) is 9.12. The quantitative estimate of drug-likeness (QED) is 0.755. The largest absolute Gasteiger partial charge is 0.495 e. The number of halogens is 1. The summed E-state index contributed by atoms with van der Waals surface area (Å²) < 4.78 is 10.3. The smallest absolute Gasteiger partial charge is 0.238 e. The van der Waals surface area contributed by atoms with E-state index >= 15 is 0 Å². The Bertz CT molecular complexity index is 438. The van der Waals surface area contributed by atoms with Gasteiger partial charge in [-0.2, -0.15) is 0 Å². The Balaban J connectivity index is 2.76. The zero-order chi connectivity index (χ0) is 14.3. The van der Waals surface area contributed by atoms with Crippen LogP contribution in [0.5, 0.6) is 11.5 Å². The van der Waals surface area contributed by atoms with E-state index in [1.807, 2.05) is 6.92 Å². The predicted octanol–water partition coefficient (Wildman–Crippen LogP) is 2.30. The molecule has 0 unspecified atom stereocenters. The summed E-state index contributed by atoms with van der Waals surface area (Å²) in [6, 6.07) is 3.24. The molecule has 0 saturated carbocycles. The van der Waals surface area contributed by atoms with Crippen molar-refractivity contribution >= 4 is 23.2 Å². The van der Waals surface area contributed by atoms with E-state index in [1.54, 1.807) is 12.1 Å². The van der Waals surface area contributed by atoms with E-state index < -0.39 is 0 Å². The maximum absolute atomic E-state index is 11.7. The zero-order valence-corrected chi connectivity index (χ0v) is 12.1. The second-order valence-corrected chi connectivity index (χ2v) is 4.32. The number of nitrogens with one attached hydrogen (secondary N) is 2. The summed E-state index contributed by atoms with van der Waals surface area (Å²) >= 11 is 6.02. The van der Waals surface area contributed by atoms with Gasteiger partial charge in [0, 0.05) is 6.07 Å². The van der Waals surface area contributed by atoms with E-state index in [1.165, 1.54) is 14.2 Å². The first-order valence-electron chi connectivity index (χ1n) is 6.04. The molecule has 0 aliphatic rings. The molecule has 2 N–H and O–H groups in total. The molecule has 0 spiro atoms. The fourth-order valence-electron chi connectivity index (χ4n) is 1.53. The molecule has 0 aromatic heterocycles. The van der Waals surface area contributed by atoms with Crippen molar-refractivity contribution < 1.29 is 14.3 Å². The second kappa shape index (κ2) is 7.86. The molecule has 6 heteroatoms. The van der Waals surface area contributed by atoms with Gasteiger partial charge in [-0.3, -0.25) is 4.79 Å². The van der Waals surface area contributed by atoms with Crippen LogP contribution in [0.4, 0.5) is 5.69 Å². The van der Waals surface area contributed by atoms with E-state index in [0.29, 0.717) is 22.2 Å². The Labute approximate surface area is 118 Å². The molecule has 0 atom stereocenters. The summed E-state index contributed by atoms with van der Waals surface area (Å²) in [5.74, 6) is 0.860. The lowest BCUT2D eigenvalue weighted by Crippen LogP contribution is -2.28. The average molecular weight is 287 g/mol. The van der Waals surface area contributed by atoms with Gasteiger partial charge in [0.05, 0.1) is 31.5 Å². The van der Waals surface area contributed by atoms with Crippen molar-refractivity contribution in [3.8, 4) is 11.5 Å². The lowest BCUT2D eigenvalue weighted by molar-refractivity contribution is -0.115. The van der Waals surface area contributed by atoms with Crippen LogP contribution in [-0.4, -0.2) is 33.2 Å². The lowest BCUT2D eigenvalue weighted by Gasteiger charge is -2.13. The fourth-order valence-corrected chi connectivity index (χ4v) is 1.77. The van der Waals surface area contributed by atoms with Crippen molar-refractivity contribution in [2.75, 3.05) is 32.6 Å².